The molecule has 0 radical (unpaired) electrons. The molecule has 3 aromatic rings. The molecule has 130 valence electrons. The van der Waals surface area contributed by atoms with Crippen molar-refractivity contribution in [3.63, 3.8) is 0 Å². The highest BCUT2D eigenvalue weighted by Crippen LogP contribution is 2.14. The van der Waals surface area contributed by atoms with Crippen LogP contribution in [-0.4, -0.2) is 25.1 Å². The number of hydrogen-bond acceptors (Lipinski definition) is 4. The fraction of sp³-hybridized carbons (Fsp3) is 0.294. The fourth-order valence-electron chi connectivity index (χ4n) is 2.29. The van der Waals surface area contributed by atoms with Crippen LogP contribution in [0.25, 0.3) is 5.65 Å². The Labute approximate surface area is 150 Å². The molecule has 7 nitrogen and oxygen atoms in total. The van der Waals surface area contributed by atoms with E-state index in [1.54, 1.807) is 38.9 Å². The first-order chi connectivity index (χ1) is 12.1. The molecule has 2 heterocycles. The van der Waals surface area contributed by atoms with E-state index in [1.807, 2.05) is 43.5 Å². The lowest BCUT2D eigenvalue weighted by Crippen LogP contribution is -2.49. The van der Waals surface area contributed by atoms with Crippen LogP contribution in [0.3, 0.4) is 0 Å². The number of aryl methyl sites for hydroxylation is 1. The summed E-state index contributed by atoms with van der Waals surface area (Å²) >= 11 is 1.61. The second-order valence-electron chi connectivity index (χ2n) is 5.62. The standard InChI is InChI=1S/C17H20N6OS/c1-4-10-25-17(19-14-8-6-5-7-9-14)20-23-12-18-22-11-13(2)21(3)16(24)15(22)23/h5-9,11-12H,4,10H2,1-3H3/p+1. The largest absolute Gasteiger partial charge is 0.353 e. The minimum atomic E-state index is -0.121. The third-order valence-electron chi connectivity index (χ3n) is 3.72. The van der Waals surface area contributed by atoms with Crippen molar-refractivity contribution in [3.8, 4) is 0 Å². The Morgan fingerprint density at radius 2 is 2.12 bits per heavy atom. The van der Waals surface area contributed by atoms with E-state index in [1.165, 1.54) is 0 Å². The quantitative estimate of drug-likeness (QED) is 0.441. The molecule has 1 aromatic carbocycles. The summed E-state index contributed by atoms with van der Waals surface area (Å²) in [7, 11) is 1.75. The lowest BCUT2D eigenvalue weighted by Gasteiger charge is -2.07. The van der Waals surface area contributed by atoms with Crippen LogP contribution in [-0.2, 0) is 7.05 Å². The molecular formula is C17H21N6OS+. The van der Waals surface area contributed by atoms with Crippen LogP contribution in [0.1, 0.15) is 19.0 Å². The molecule has 0 aliphatic heterocycles. The predicted octanol–water partition coefficient (Wildman–Crippen LogP) is 2.00. The number of aliphatic imine (C=N–C) groups is 1. The average molecular weight is 357 g/mol. The number of rotatable bonds is 4. The van der Waals surface area contributed by atoms with Crippen LogP contribution in [0.15, 0.2) is 52.6 Å². The minimum Gasteiger partial charge on any atom is -0.307 e. The topological polar surface area (TPSA) is 67.6 Å². The van der Waals surface area contributed by atoms with Gasteiger partial charge in [-0.3, -0.25) is 4.79 Å². The SMILES string of the molecule is CCCSC(=Nc1ccccc1)N[n+]1cnn2cc(C)n(C)c(=O)c21. The Morgan fingerprint density at radius 1 is 1.36 bits per heavy atom. The molecule has 25 heavy (non-hydrogen) atoms. The maximum atomic E-state index is 12.6. The number of nitrogens with zero attached hydrogens (tertiary/aromatic N) is 5. The summed E-state index contributed by atoms with van der Waals surface area (Å²) in [5, 5.41) is 4.98. The second-order valence-corrected chi connectivity index (χ2v) is 6.70. The third kappa shape index (κ3) is 3.74. The van der Waals surface area contributed by atoms with Crippen molar-refractivity contribution in [2.45, 2.75) is 20.3 Å². The molecule has 2 aromatic heterocycles. The zero-order valence-electron chi connectivity index (χ0n) is 14.5. The molecule has 0 fully saturated rings. The molecule has 1 N–H and O–H groups in total. The van der Waals surface area contributed by atoms with Gasteiger partial charge < -0.3 is 4.57 Å². The van der Waals surface area contributed by atoms with Crippen molar-refractivity contribution >= 4 is 28.3 Å². The number of para-hydroxylation sites is 1. The molecule has 0 saturated heterocycles. The van der Waals surface area contributed by atoms with Crippen LogP contribution in [0.5, 0.6) is 0 Å². The summed E-state index contributed by atoms with van der Waals surface area (Å²) in [6.45, 7) is 3.99. The number of nitrogens with one attached hydrogen (secondary N) is 1. The van der Waals surface area contributed by atoms with E-state index in [0.717, 1.165) is 28.7 Å². The highest BCUT2D eigenvalue weighted by molar-refractivity contribution is 8.14. The van der Waals surface area contributed by atoms with E-state index in [9.17, 15) is 4.79 Å². The van der Waals surface area contributed by atoms with Gasteiger partial charge in [0.2, 0.25) is 0 Å². The zero-order chi connectivity index (χ0) is 17.8. The Kier molecular flexibility index (Phi) is 5.18. The first-order valence-corrected chi connectivity index (χ1v) is 9.08. The van der Waals surface area contributed by atoms with Crippen LogP contribution < -0.4 is 15.7 Å². The molecule has 8 heteroatoms. The van der Waals surface area contributed by atoms with E-state index in [2.05, 4.69) is 22.4 Å². The summed E-state index contributed by atoms with van der Waals surface area (Å²) in [6.07, 6.45) is 4.44. The van der Waals surface area contributed by atoms with Crippen molar-refractivity contribution in [1.82, 2.24) is 14.2 Å². The van der Waals surface area contributed by atoms with Gasteiger partial charge in [0, 0.05) is 17.9 Å². The van der Waals surface area contributed by atoms with Gasteiger partial charge in [-0.15, -0.1) is 4.68 Å². The normalized spacial score (nSPS) is 11.9. The van der Waals surface area contributed by atoms with Gasteiger partial charge in [0.25, 0.3) is 6.33 Å². The van der Waals surface area contributed by atoms with E-state index in [-0.39, 0.29) is 5.56 Å². The monoisotopic (exact) mass is 357 g/mol. The molecular weight excluding hydrogens is 336 g/mol. The number of thioether (sulfide) groups is 1. The maximum Gasteiger partial charge on any atom is 0.353 e. The zero-order valence-corrected chi connectivity index (χ0v) is 15.3. The van der Waals surface area contributed by atoms with E-state index in [4.69, 9.17) is 0 Å². The van der Waals surface area contributed by atoms with Crippen LogP contribution in [0.4, 0.5) is 5.69 Å². The molecule has 0 spiro atoms. The Hall–Kier alpha value is -2.61. The van der Waals surface area contributed by atoms with Gasteiger partial charge >= 0.3 is 11.2 Å². The lowest BCUT2D eigenvalue weighted by atomic mass is 10.3. The van der Waals surface area contributed by atoms with Crippen LogP contribution in [0.2, 0.25) is 0 Å². The first-order valence-electron chi connectivity index (χ1n) is 8.09. The molecule has 0 amide bonds. The number of fused-ring (bicyclic) bond motifs is 1. The second kappa shape index (κ2) is 7.52. The Balaban J connectivity index is 2.00. The van der Waals surface area contributed by atoms with Crippen LogP contribution >= 0.6 is 11.8 Å². The summed E-state index contributed by atoms with van der Waals surface area (Å²) in [5.41, 5.74) is 5.22. The van der Waals surface area contributed by atoms with Crippen molar-refractivity contribution in [2.24, 2.45) is 12.0 Å². The van der Waals surface area contributed by atoms with E-state index in [0.29, 0.717) is 5.65 Å². The highest BCUT2D eigenvalue weighted by Gasteiger charge is 2.19. The first kappa shape index (κ1) is 17.2. The third-order valence-corrected chi connectivity index (χ3v) is 4.79. The van der Waals surface area contributed by atoms with Gasteiger partial charge in [-0.1, -0.05) is 41.4 Å². The number of hydrogen-bond donors (Lipinski definition) is 1. The van der Waals surface area contributed by atoms with E-state index >= 15 is 0 Å². The molecule has 0 saturated carbocycles. The summed E-state index contributed by atoms with van der Waals surface area (Å²) < 4.78 is 4.80. The molecule has 0 bridgehead atoms. The van der Waals surface area contributed by atoms with Crippen molar-refractivity contribution < 1.29 is 4.68 Å². The average Bonchev–Trinajstić information content (AvgIpc) is 3.01. The van der Waals surface area contributed by atoms with Gasteiger partial charge in [-0.25, -0.2) is 10.4 Å². The molecule has 0 aliphatic rings. The Morgan fingerprint density at radius 3 is 2.84 bits per heavy atom. The minimum absolute atomic E-state index is 0.121. The van der Waals surface area contributed by atoms with Gasteiger partial charge in [0.05, 0.1) is 11.4 Å². The predicted molar refractivity (Wildman–Crippen MR) is 101 cm³/mol. The number of aromatic nitrogens is 4. The lowest BCUT2D eigenvalue weighted by molar-refractivity contribution is -0.614. The molecule has 3 rings (SSSR count). The molecule has 0 atom stereocenters. The van der Waals surface area contributed by atoms with E-state index < -0.39 is 0 Å². The van der Waals surface area contributed by atoms with Crippen molar-refractivity contribution in [1.29, 1.82) is 0 Å². The fourth-order valence-corrected chi connectivity index (χ4v) is 3.02. The summed E-state index contributed by atoms with van der Waals surface area (Å²) in [4.78, 5) is 17.2. The molecule has 0 aliphatic carbocycles. The van der Waals surface area contributed by atoms with Gasteiger partial charge in [-0.05, 0) is 25.5 Å². The summed E-state index contributed by atoms with van der Waals surface area (Å²) in [5.74, 6) is 0.926. The number of amidine groups is 1. The maximum absolute atomic E-state index is 12.6. The highest BCUT2D eigenvalue weighted by atomic mass is 32.2. The van der Waals surface area contributed by atoms with Crippen LogP contribution in [0, 0.1) is 6.92 Å². The van der Waals surface area contributed by atoms with Crippen molar-refractivity contribution in [3.05, 3.63) is 58.9 Å². The van der Waals surface area contributed by atoms with Gasteiger partial charge in [-0.2, -0.15) is 0 Å². The number of benzene rings is 1. The summed E-state index contributed by atoms with van der Waals surface area (Å²) in [6, 6.07) is 9.73. The van der Waals surface area contributed by atoms with Gasteiger partial charge in [0.15, 0.2) is 5.17 Å². The Bertz CT molecular complexity index is 960. The molecule has 0 unspecified atom stereocenters. The van der Waals surface area contributed by atoms with Gasteiger partial charge in [0.1, 0.15) is 6.20 Å². The smallest absolute Gasteiger partial charge is 0.307 e. The van der Waals surface area contributed by atoms with Crippen molar-refractivity contribution in [2.75, 3.05) is 11.2 Å².